The van der Waals surface area contributed by atoms with Gasteiger partial charge < -0.3 is 19.1 Å². The summed E-state index contributed by atoms with van der Waals surface area (Å²) in [6.07, 6.45) is 1.79. The van der Waals surface area contributed by atoms with Crippen LogP contribution in [0.5, 0.6) is 11.5 Å². The number of benzene rings is 3. The molecular weight excluding hydrogens is 555 g/mol. The summed E-state index contributed by atoms with van der Waals surface area (Å²) in [6, 6.07) is 19.2. The highest BCUT2D eigenvalue weighted by molar-refractivity contribution is 6.33. The number of aromatic nitrogens is 2. The van der Waals surface area contributed by atoms with Crippen molar-refractivity contribution in [2.45, 2.75) is 0 Å². The molecule has 0 spiro atoms. The highest BCUT2D eigenvalue weighted by atomic mass is 35.5. The monoisotopic (exact) mass is 582 g/mol. The average molecular weight is 583 g/mol. The van der Waals surface area contributed by atoms with E-state index in [1.54, 1.807) is 73.5 Å². The number of rotatable bonds is 11. The number of nitrogens with one attached hydrogen (secondary N) is 1. The van der Waals surface area contributed by atoms with E-state index in [1.807, 2.05) is 18.2 Å². The Morgan fingerprint density at radius 3 is 2.35 bits per heavy atom. The Labute approximate surface area is 242 Å². The van der Waals surface area contributed by atoms with Gasteiger partial charge >= 0.3 is 0 Å². The number of nitrogens with zero attached hydrogens (tertiary/aromatic N) is 3. The van der Waals surface area contributed by atoms with Crippen LogP contribution in [0, 0.1) is 0 Å². The number of imidazole rings is 1. The zero-order chi connectivity index (χ0) is 28.6. The Morgan fingerprint density at radius 2 is 1.68 bits per heavy atom. The van der Waals surface area contributed by atoms with Gasteiger partial charge in [-0.1, -0.05) is 47.5 Å². The molecule has 1 aromatic heterocycles. The largest absolute Gasteiger partial charge is 0.493 e. The predicted molar refractivity (Wildman–Crippen MR) is 155 cm³/mol. The van der Waals surface area contributed by atoms with E-state index in [2.05, 4.69) is 10.3 Å². The first-order valence-electron chi connectivity index (χ1n) is 12.2. The van der Waals surface area contributed by atoms with Gasteiger partial charge in [0.15, 0.2) is 11.5 Å². The molecule has 0 radical (unpaired) electrons. The van der Waals surface area contributed by atoms with Crippen LogP contribution in [0.3, 0.4) is 0 Å². The molecule has 4 rings (SSSR count). The lowest BCUT2D eigenvalue weighted by molar-refractivity contribution is -0.117. The lowest BCUT2D eigenvalue weighted by Crippen LogP contribution is -2.40. The van der Waals surface area contributed by atoms with Gasteiger partial charge in [-0.2, -0.15) is 0 Å². The van der Waals surface area contributed by atoms with Crippen molar-refractivity contribution < 1.29 is 23.8 Å². The molecule has 0 saturated heterocycles. The summed E-state index contributed by atoms with van der Waals surface area (Å²) in [5.41, 5.74) is 2.37. The third-order valence-corrected chi connectivity index (χ3v) is 6.62. The van der Waals surface area contributed by atoms with Crippen molar-refractivity contribution in [3.05, 3.63) is 88.5 Å². The van der Waals surface area contributed by atoms with Crippen molar-refractivity contribution in [2.75, 3.05) is 46.3 Å². The van der Waals surface area contributed by atoms with Gasteiger partial charge in [0.1, 0.15) is 6.54 Å². The summed E-state index contributed by atoms with van der Waals surface area (Å²) in [7, 11) is 4.62. The molecule has 0 aliphatic heterocycles. The van der Waals surface area contributed by atoms with E-state index >= 15 is 0 Å². The predicted octanol–water partition coefficient (Wildman–Crippen LogP) is 5.59. The molecule has 9 nitrogen and oxygen atoms in total. The second-order valence-electron chi connectivity index (χ2n) is 8.61. The summed E-state index contributed by atoms with van der Waals surface area (Å²) in [6.45, 7) is 0.182. The number of carbonyl (C=O) groups is 2. The minimum Gasteiger partial charge on any atom is -0.493 e. The quantitative estimate of drug-likeness (QED) is 0.248. The molecule has 0 atom stereocenters. The van der Waals surface area contributed by atoms with E-state index in [0.717, 1.165) is 5.56 Å². The number of carbonyl (C=O) groups excluding carboxylic acids is 2. The minimum absolute atomic E-state index is 0.189. The van der Waals surface area contributed by atoms with Crippen LogP contribution in [0.2, 0.25) is 10.0 Å². The molecule has 0 aliphatic carbocycles. The molecule has 0 bridgehead atoms. The molecule has 11 heteroatoms. The van der Waals surface area contributed by atoms with Gasteiger partial charge in [-0.15, -0.1) is 0 Å². The normalized spacial score (nSPS) is 10.7. The zero-order valence-corrected chi connectivity index (χ0v) is 23.7. The van der Waals surface area contributed by atoms with Gasteiger partial charge in [0, 0.05) is 36.5 Å². The first-order chi connectivity index (χ1) is 19.3. The highest BCUT2D eigenvalue weighted by Crippen LogP contribution is 2.32. The highest BCUT2D eigenvalue weighted by Gasteiger charge is 2.22. The molecule has 0 aliphatic rings. The number of hydrogen-bond donors (Lipinski definition) is 1. The van der Waals surface area contributed by atoms with E-state index in [0.29, 0.717) is 38.5 Å². The summed E-state index contributed by atoms with van der Waals surface area (Å²) < 4.78 is 17.7. The number of amides is 2. The molecule has 0 saturated carbocycles. The van der Waals surface area contributed by atoms with E-state index in [9.17, 15) is 9.59 Å². The first kappa shape index (κ1) is 28.9. The third-order valence-electron chi connectivity index (χ3n) is 6.03. The smallest absolute Gasteiger partial charge is 0.255 e. The molecule has 208 valence electrons. The molecular formula is C29H28Cl2N4O5. The van der Waals surface area contributed by atoms with Crippen LogP contribution in [0.4, 0.5) is 5.95 Å². The second kappa shape index (κ2) is 13.3. The van der Waals surface area contributed by atoms with E-state index in [-0.39, 0.29) is 31.6 Å². The van der Waals surface area contributed by atoms with Crippen LogP contribution in [0.1, 0.15) is 10.4 Å². The van der Waals surface area contributed by atoms with Crippen molar-refractivity contribution in [1.82, 2.24) is 14.5 Å². The van der Waals surface area contributed by atoms with E-state index in [4.69, 9.17) is 37.4 Å². The van der Waals surface area contributed by atoms with Gasteiger partial charge in [-0.25, -0.2) is 4.98 Å². The Balaban J connectivity index is 1.66. The Bertz CT molecular complexity index is 1490. The van der Waals surface area contributed by atoms with Crippen molar-refractivity contribution >= 4 is 41.0 Å². The summed E-state index contributed by atoms with van der Waals surface area (Å²) in [5.74, 6) is 0.477. The summed E-state index contributed by atoms with van der Waals surface area (Å²) in [4.78, 5) is 32.6. The number of methoxy groups -OCH3 is 3. The van der Waals surface area contributed by atoms with Gasteiger partial charge in [0.05, 0.1) is 42.8 Å². The van der Waals surface area contributed by atoms with Gasteiger partial charge in [0.2, 0.25) is 11.9 Å². The third kappa shape index (κ3) is 6.74. The SMILES string of the molecule is COCCN(CC(=O)Nc1nc(-c2ccc(Cl)cc2)cn1-c1ccc(OC)c(OC)c1)C(=O)c1ccccc1Cl. The fraction of sp³-hybridized carbons (Fsp3) is 0.207. The fourth-order valence-corrected chi connectivity index (χ4v) is 4.34. The summed E-state index contributed by atoms with van der Waals surface area (Å²) >= 11 is 12.3. The average Bonchev–Trinajstić information content (AvgIpc) is 3.38. The number of halogens is 2. The zero-order valence-electron chi connectivity index (χ0n) is 22.2. The Hall–Kier alpha value is -4.05. The summed E-state index contributed by atoms with van der Waals surface area (Å²) in [5, 5.41) is 3.74. The standard InChI is InChI=1S/C29H28Cl2N4O5/c1-38-15-14-34(28(37)22-6-4-5-7-23(22)31)18-27(36)33-29-32-24(19-8-10-20(30)11-9-19)17-35(29)21-12-13-25(39-2)26(16-21)40-3/h4-13,16-17H,14-15,18H2,1-3H3,(H,32,33,36). The van der Waals surface area contributed by atoms with Crippen molar-refractivity contribution in [3.63, 3.8) is 0 Å². The van der Waals surface area contributed by atoms with Crippen molar-refractivity contribution in [3.8, 4) is 28.4 Å². The molecule has 40 heavy (non-hydrogen) atoms. The van der Waals surface area contributed by atoms with E-state index in [1.165, 1.54) is 12.0 Å². The molecule has 0 unspecified atom stereocenters. The fourth-order valence-electron chi connectivity index (χ4n) is 4.00. The maximum atomic E-state index is 13.3. The minimum atomic E-state index is -0.452. The van der Waals surface area contributed by atoms with Crippen LogP contribution in [-0.2, 0) is 9.53 Å². The molecule has 1 heterocycles. The van der Waals surface area contributed by atoms with E-state index < -0.39 is 5.91 Å². The van der Waals surface area contributed by atoms with Crippen molar-refractivity contribution in [1.29, 1.82) is 0 Å². The van der Waals surface area contributed by atoms with Crippen molar-refractivity contribution in [2.24, 2.45) is 0 Å². The number of anilines is 1. The number of hydrogen-bond acceptors (Lipinski definition) is 6. The lowest BCUT2D eigenvalue weighted by Gasteiger charge is -2.22. The molecule has 0 fully saturated rings. The van der Waals surface area contributed by atoms with Crippen LogP contribution in [0.15, 0.2) is 72.9 Å². The molecule has 4 aromatic rings. The number of ether oxygens (including phenoxy) is 3. The van der Waals surface area contributed by atoms with Gasteiger partial charge in [0.25, 0.3) is 5.91 Å². The molecule has 3 aromatic carbocycles. The Morgan fingerprint density at radius 1 is 0.950 bits per heavy atom. The maximum Gasteiger partial charge on any atom is 0.255 e. The molecule has 1 N–H and O–H groups in total. The second-order valence-corrected chi connectivity index (χ2v) is 9.46. The van der Waals surface area contributed by atoms with Gasteiger partial charge in [-0.3, -0.25) is 19.5 Å². The van der Waals surface area contributed by atoms with Crippen LogP contribution in [-0.4, -0.2) is 67.3 Å². The molecule has 2 amide bonds. The lowest BCUT2D eigenvalue weighted by atomic mass is 10.2. The van der Waals surface area contributed by atoms with Crippen LogP contribution < -0.4 is 14.8 Å². The maximum absolute atomic E-state index is 13.3. The van der Waals surface area contributed by atoms with Gasteiger partial charge in [-0.05, 0) is 36.4 Å². The first-order valence-corrected chi connectivity index (χ1v) is 13.0. The van der Waals surface area contributed by atoms with Crippen LogP contribution >= 0.6 is 23.2 Å². The topological polar surface area (TPSA) is 94.9 Å². The van der Waals surface area contributed by atoms with Crippen LogP contribution in [0.25, 0.3) is 16.9 Å². The Kier molecular flexibility index (Phi) is 9.65.